The second kappa shape index (κ2) is 6.24. The molecule has 0 aliphatic carbocycles. The van der Waals surface area contributed by atoms with Gasteiger partial charge in [0.15, 0.2) is 0 Å². The summed E-state index contributed by atoms with van der Waals surface area (Å²) in [4.78, 5) is 11.7. The molecule has 6 heteroatoms. The van der Waals surface area contributed by atoms with Gasteiger partial charge in [-0.25, -0.2) is 0 Å². The summed E-state index contributed by atoms with van der Waals surface area (Å²) in [5.74, 6) is 0.785. The van der Waals surface area contributed by atoms with Crippen molar-refractivity contribution < 1.29 is 9.00 Å². The van der Waals surface area contributed by atoms with Gasteiger partial charge in [-0.15, -0.1) is 0 Å². The molecule has 0 saturated carbocycles. The van der Waals surface area contributed by atoms with E-state index in [1.165, 1.54) is 0 Å². The number of carbonyl (C=O) groups excluding carboxylic acids is 1. The number of carbonyl (C=O) groups is 1. The van der Waals surface area contributed by atoms with E-state index in [0.29, 0.717) is 35.0 Å². The number of nitrogen functional groups attached to an aromatic ring is 2. The fourth-order valence-electron chi connectivity index (χ4n) is 1.31. The minimum absolute atomic E-state index is 0.268. The molecule has 0 radical (unpaired) electrons. The van der Waals surface area contributed by atoms with Gasteiger partial charge in [0.05, 0.1) is 5.56 Å². The molecule has 94 valence electrons. The molecule has 0 saturated heterocycles. The van der Waals surface area contributed by atoms with Crippen molar-refractivity contribution in [3.63, 3.8) is 0 Å². The van der Waals surface area contributed by atoms with Crippen LogP contribution in [0.15, 0.2) is 18.2 Å². The lowest BCUT2D eigenvalue weighted by Gasteiger charge is -2.07. The highest BCUT2D eigenvalue weighted by Crippen LogP contribution is 2.15. The number of nitrogens with one attached hydrogen (secondary N) is 1. The molecule has 0 bridgehead atoms. The summed E-state index contributed by atoms with van der Waals surface area (Å²) in [5, 5.41) is 2.67. The summed E-state index contributed by atoms with van der Waals surface area (Å²) < 4.78 is 11.2. The SMILES string of the molecule is CCS(=O)CCNC(=O)c1ccc(N)cc1N. The van der Waals surface area contributed by atoms with E-state index in [1.807, 2.05) is 6.92 Å². The summed E-state index contributed by atoms with van der Waals surface area (Å²) in [7, 11) is -0.875. The number of benzene rings is 1. The molecule has 1 rings (SSSR count). The van der Waals surface area contributed by atoms with Gasteiger partial charge in [0.1, 0.15) is 0 Å². The Kier molecular flexibility index (Phi) is 4.96. The Morgan fingerprint density at radius 1 is 1.41 bits per heavy atom. The van der Waals surface area contributed by atoms with E-state index >= 15 is 0 Å². The molecule has 5 nitrogen and oxygen atoms in total. The third-order valence-electron chi connectivity index (χ3n) is 2.26. The van der Waals surface area contributed by atoms with Crippen LogP contribution in [0.3, 0.4) is 0 Å². The molecule has 0 aliphatic heterocycles. The van der Waals surface area contributed by atoms with Crippen molar-refractivity contribution in [1.82, 2.24) is 5.32 Å². The van der Waals surface area contributed by atoms with Crippen LogP contribution < -0.4 is 16.8 Å². The van der Waals surface area contributed by atoms with Crippen LogP contribution in [0.25, 0.3) is 0 Å². The molecular formula is C11H17N3O2S. The molecule has 1 amide bonds. The van der Waals surface area contributed by atoms with Crippen molar-refractivity contribution in [1.29, 1.82) is 0 Å². The van der Waals surface area contributed by atoms with Gasteiger partial charge >= 0.3 is 0 Å². The van der Waals surface area contributed by atoms with Crippen LogP contribution in [0.1, 0.15) is 17.3 Å². The van der Waals surface area contributed by atoms with E-state index in [9.17, 15) is 9.00 Å². The summed E-state index contributed by atoms with van der Waals surface area (Å²) in [6.07, 6.45) is 0. The summed E-state index contributed by atoms with van der Waals surface area (Å²) >= 11 is 0. The van der Waals surface area contributed by atoms with E-state index in [-0.39, 0.29) is 5.91 Å². The van der Waals surface area contributed by atoms with Gasteiger partial charge in [0.25, 0.3) is 5.91 Å². The quantitative estimate of drug-likeness (QED) is 0.661. The first kappa shape index (κ1) is 13.5. The molecule has 0 aliphatic rings. The van der Waals surface area contributed by atoms with E-state index in [1.54, 1.807) is 18.2 Å². The van der Waals surface area contributed by atoms with Crippen LogP contribution in [-0.4, -0.2) is 28.2 Å². The average Bonchev–Trinajstić information content (AvgIpc) is 2.28. The Morgan fingerprint density at radius 2 is 2.12 bits per heavy atom. The summed E-state index contributed by atoms with van der Waals surface area (Å²) in [6, 6.07) is 4.74. The Hall–Kier alpha value is -1.56. The number of anilines is 2. The fraction of sp³-hybridized carbons (Fsp3) is 0.364. The third kappa shape index (κ3) is 4.07. The molecule has 1 aromatic carbocycles. The number of nitrogens with two attached hydrogens (primary N) is 2. The molecule has 5 N–H and O–H groups in total. The van der Waals surface area contributed by atoms with Gasteiger partial charge in [0, 0.05) is 40.2 Å². The molecule has 1 unspecified atom stereocenters. The van der Waals surface area contributed by atoms with Crippen molar-refractivity contribution in [3.05, 3.63) is 23.8 Å². The van der Waals surface area contributed by atoms with Crippen molar-refractivity contribution in [2.24, 2.45) is 0 Å². The lowest BCUT2D eigenvalue weighted by atomic mass is 10.1. The molecule has 0 heterocycles. The fourth-order valence-corrected chi connectivity index (χ4v) is 1.92. The standard InChI is InChI=1S/C11H17N3O2S/c1-2-17(16)6-5-14-11(15)9-4-3-8(12)7-10(9)13/h3-4,7H,2,5-6,12-13H2,1H3,(H,14,15). The Morgan fingerprint density at radius 3 is 2.71 bits per heavy atom. The molecule has 0 fully saturated rings. The highest BCUT2D eigenvalue weighted by atomic mass is 32.2. The largest absolute Gasteiger partial charge is 0.399 e. The average molecular weight is 255 g/mol. The van der Waals surface area contributed by atoms with Crippen molar-refractivity contribution >= 4 is 28.1 Å². The zero-order valence-corrected chi connectivity index (χ0v) is 10.5. The maximum atomic E-state index is 11.7. The first-order chi connectivity index (χ1) is 8.04. The summed E-state index contributed by atoms with van der Waals surface area (Å²) in [5.41, 5.74) is 12.5. The van der Waals surface area contributed by atoms with Crippen LogP contribution in [0.4, 0.5) is 11.4 Å². The third-order valence-corrected chi connectivity index (χ3v) is 3.56. The zero-order valence-electron chi connectivity index (χ0n) is 9.73. The molecule has 0 aromatic heterocycles. The number of hydrogen-bond donors (Lipinski definition) is 3. The lowest BCUT2D eigenvalue weighted by molar-refractivity contribution is 0.0957. The van der Waals surface area contributed by atoms with Crippen LogP contribution in [0.5, 0.6) is 0 Å². The minimum Gasteiger partial charge on any atom is -0.399 e. The predicted molar refractivity (Wildman–Crippen MR) is 71.2 cm³/mol. The first-order valence-electron chi connectivity index (χ1n) is 5.32. The van der Waals surface area contributed by atoms with Crippen LogP contribution in [0, 0.1) is 0 Å². The van der Waals surface area contributed by atoms with Crippen LogP contribution in [0.2, 0.25) is 0 Å². The van der Waals surface area contributed by atoms with Crippen molar-refractivity contribution in [2.45, 2.75) is 6.92 Å². The van der Waals surface area contributed by atoms with Gasteiger partial charge in [-0.1, -0.05) is 6.92 Å². The van der Waals surface area contributed by atoms with Crippen LogP contribution >= 0.6 is 0 Å². The first-order valence-corrected chi connectivity index (χ1v) is 6.81. The van der Waals surface area contributed by atoms with E-state index in [4.69, 9.17) is 11.5 Å². The Balaban J connectivity index is 2.55. The zero-order chi connectivity index (χ0) is 12.8. The molecular weight excluding hydrogens is 238 g/mol. The van der Waals surface area contributed by atoms with Gasteiger partial charge in [-0.05, 0) is 18.2 Å². The van der Waals surface area contributed by atoms with Crippen molar-refractivity contribution in [3.8, 4) is 0 Å². The highest BCUT2D eigenvalue weighted by Gasteiger charge is 2.09. The second-order valence-electron chi connectivity index (χ2n) is 3.54. The van der Waals surface area contributed by atoms with Crippen molar-refractivity contribution in [2.75, 3.05) is 29.5 Å². The van der Waals surface area contributed by atoms with Crippen LogP contribution in [-0.2, 0) is 10.8 Å². The minimum atomic E-state index is -0.875. The molecule has 17 heavy (non-hydrogen) atoms. The van der Waals surface area contributed by atoms with Gasteiger partial charge in [-0.2, -0.15) is 0 Å². The topological polar surface area (TPSA) is 98.2 Å². The van der Waals surface area contributed by atoms with E-state index in [0.717, 1.165) is 0 Å². The van der Waals surface area contributed by atoms with E-state index in [2.05, 4.69) is 5.32 Å². The highest BCUT2D eigenvalue weighted by molar-refractivity contribution is 7.84. The predicted octanol–water partition coefficient (Wildman–Crippen LogP) is 0.349. The number of hydrogen-bond acceptors (Lipinski definition) is 4. The second-order valence-corrected chi connectivity index (χ2v) is 5.40. The molecule has 1 atom stereocenters. The van der Waals surface area contributed by atoms with E-state index < -0.39 is 10.8 Å². The van der Waals surface area contributed by atoms with Gasteiger partial charge in [0.2, 0.25) is 0 Å². The maximum absolute atomic E-state index is 11.7. The number of amides is 1. The normalized spacial score (nSPS) is 12.1. The number of rotatable bonds is 5. The Labute approximate surface area is 103 Å². The Bertz CT molecular complexity index is 435. The smallest absolute Gasteiger partial charge is 0.253 e. The van der Waals surface area contributed by atoms with Gasteiger partial charge in [-0.3, -0.25) is 9.00 Å². The molecule has 1 aromatic rings. The molecule has 0 spiro atoms. The lowest BCUT2D eigenvalue weighted by Crippen LogP contribution is -2.28. The monoisotopic (exact) mass is 255 g/mol. The summed E-state index contributed by atoms with van der Waals surface area (Å²) in [6.45, 7) is 2.22. The maximum Gasteiger partial charge on any atom is 0.253 e. The van der Waals surface area contributed by atoms with Gasteiger partial charge < -0.3 is 16.8 Å².